The largest absolute Gasteiger partial charge is 0.472 e. The molecule has 118 valence electrons. The van der Waals surface area contributed by atoms with Crippen LogP contribution in [0, 0.1) is 0 Å². The Bertz CT molecular complexity index is 674. The molecule has 1 aliphatic heterocycles. The summed E-state index contributed by atoms with van der Waals surface area (Å²) in [6.07, 6.45) is 0.231. The first-order valence-electron chi connectivity index (χ1n) is 5.96. The van der Waals surface area contributed by atoms with Crippen LogP contribution in [0.1, 0.15) is 19.1 Å². The number of nitrogens with one attached hydrogen (secondary N) is 1. The molecule has 2 heterocycles. The molecule has 0 saturated carbocycles. The van der Waals surface area contributed by atoms with E-state index >= 15 is 0 Å². The van der Waals surface area contributed by atoms with E-state index in [1.807, 2.05) is 4.98 Å². The number of nitrogens with zero attached hydrogens (tertiary/aromatic N) is 1. The molecule has 1 unspecified atom stereocenters. The van der Waals surface area contributed by atoms with Crippen LogP contribution >= 0.6 is 7.82 Å². The van der Waals surface area contributed by atoms with Gasteiger partial charge < -0.3 is 9.63 Å². The average Bonchev–Trinajstić information content (AvgIpc) is 2.80. The van der Waals surface area contributed by atoms with Crippen LogP contribution in [0.25, 0.3) is 0 Å². The third-order valence-corrected chi connectivity index (χ3v) is 3.86. The zero-order valence-corrected chi connectivity index (χ0v) is 11.9. The highest BCUT2D eigenvalue weighted by Crippen LogP contribution is 2.45. The summed E-state index contributed by atoms with van der Waals surface area (Å²) in [7, 11) is -3.36. The standard InChI is InChI=1S/C10H14FN2O7P/c1-18-21(16,17)19-6-10(11)4-2-8(20-10)13-5-3-7(14)12-9(13)15/h3,5,8H,2,4,6H2,1H3,(H,16,17)(H,12,14,15)/t8-,10+/m1/s1. The molecule has 0 bridgehead atoms. The van der Waals surface area contributed by atoms with E-state index in [0.29, 0.717) is 0 Å². The fraction of sp³-hybridized carbons (Fsp3) is 0.600. The molecule has 1 aromatic rings. The van der Waals surface area contributed by atoms with Gasteiger partial charge in [-0.15, -0.1) is 0 Å². The zero-order chi connectivity index (χ0) is 15.7. The van der Waals surface area contributed by atoms with Gasteiger partial charge in [-0.1, -0.05) is 0 Å². The van der Waals surface area contributed by atoms with Gasteiger partial charge in [-0.2, -0.15) is 0 Å². The first-order chi connectivity index (χ1) is 9.75. The predicted molar refractivity (Wildman–Crippen MR) is 67.3 cm³/mol. The Balaban J connectivity index is 2.07. The summed E-state index contributed by atoms with van der Waals surface area (Å²) in [6.45, 7) is -0.816. The van der Waals surface area contributed by atoms with Crippen molar-refractivity contribution in [2.75, 3.05) is 13.7 Å². The summed E-state index contributed by atoms with van der Waals surface area (Å²) in [6, 6.07) is 1.10. The zero-order valence-electron chi connectivity index (χ0n) is 11.0. The normalized spacial score (nSPS) is 28.4. The number of halogens is 1. The number of hydrogen-bond donors (Lipinski definition) is 2. The summed E-state index contributed by atoms with van der Waals surface area (Å²) in [5.41, 5.74) is -1.31. The smallest absolute Gasteiger partial charge is 0.320 e. The monoisotopic (exact) mass is 324 g/mol. The van der Waals surface area contributed by atoms with Crippen LogP contribution in [0.5, 0.6) is 0 Å². The Morgan fingerprint density at radius 3 is 3.00 bits per heavy atom. The van der Waals surface area contributed by atoms with E-state index in [0.717, 1.165) is 17.7 Å². The fourth-order valence-electron chi connectivity index (χ4n) is 1.89. The molecule has 1 aliphatic rings. The molecule has 0 aliphatic carbocycles. The van der Waals surface area contributed by atoms with Crippen LogP contribution in [0.15, 0.2) is 21.9 Å². The van der Waals surface area contributed by atoms with E-state index in [1.165, 1.54) is 6.20 Å². The minimum atomic E-state index is -4.31. The van der Waals surface area contributed by atoms with Gasteiger partial charge in [0.25, 0.3) is 5.56 Å². The maximum Gasteiger partial charge on any atom is 0.472 e. The quantitative estimate of drug-likeness (QED) is 0.746. The number of alkyl halides is 1. The lowest BCUT2D eigenvalue weighted by molar-refractivity contribution is -0.175. The van der Waals surface area contributed by atoms with Crippen LogP contribution < -0.4 is 11.2 Å². The molecule has 2 N–H and O–H groups in total. The van der Waals surface area contributed by atoms with Crippen LogP contribution in [-0.4, -0.2) is 34.0 Å². The van der Waals surface area contributed by atoms with Gasteiger partial charge in [0, 0.05) is 25.8 Å². The average molecular weight is 324 g/mol. The summed E-state index contributed by atoms with van der Waals surface area (Å²) >= 11 is 0. The van der Waals surface area contributed by atoms with Gasteiger partial charge in [0.05, 0.1) is 0 Å². The van der Waals surface area contributed by atoms with Crippen molar-refractivity contribution in [3.05, 3.63) is 33.1 Å². The molecule has 3 atom stereocenters. The molecule has 11 heteroatoms. The van der Waals surface area contributed by atoms with Crippen molar-refractivity contribution in [3.8, 4) is 0 Å². The lowest BCUT2D eigenvalue weighted by atomic mass is 10.2. The summed E-state index contributed by atoms with van der Waals surface area (Å²) in [4.78, 5) is 33.6. The lowest BCUT2D eigenvalue weighted by Crippen LogP contribution is -2.34. The molecule has 21 heavy (non-hydrogen) atoms. The van der Waals surface area contributed by atoms with Gasteiger partial charge in [-0.3, -0.25) is 23.4 Å². The van der Waals surface area contributed by atoms with Crippen molar-refractivity contribution >= 4 is 7.82 Å². The Morgan fingerprint density at radius 2 is 2.38 bits per heavy atom. The maximum absolute atomic E-state index is 14.3. The number of phosphoric acid groups is 1. The predicted octanol–water partition coefficient (Wildman–Crippen LogP) is 0.275. The number of ether oxygens (including phenoxy) is 1. The number of hydrogen-bond acceptors (Lipinski definition) is 6. The van der Waals surface area contributed by atoms with Gasteiger partial charge in [0.2, 0.25) is 5.85 Å². The first-order valence-corrected chi connectivity index (χ1v) is 7.45. The maximum atomic E-state index is 14.3. The number of phosphoric ester groups is 1. The second-order valence-electron chi connectivity index (χ2n) is 4.44. The van der Waals surface area contributed by atoms with Crippen molar-refractivity contribution in [2.45, 2.75) is 24.9 Å². The molecule has 0 radical (unpaired) electrons. The van der Waals surface area contributed by atoms with Crippen molar-refractivity contribution in [2.24, 2.45) is 0 Å². The highest BCUT2D eigenvalue weighted by atomic mass is 31.2. The third kappa shape index (κ3) is 3.86. The van der Waals surface area contributed by atoms with Gasteiger partial charge in [-0.25, -0.2) is 13.8 Å². The minimum Gasteiger partial charge on any atom is -0.320 e. The Kier molecular flexibility index (Phi) is 4.45. The second kappa shape index (κ2) is 5.82. The van der Waals surface area contributed by atoms with E-state index in [9.17, 15) is 18.5 Å². The lowest BCUT2D eigenvalue weighted by Gasteiger charge is -2.21. The van der Waals surface area contributed by atoms with Gasteiger partial charge in [0.1, 0.15) is 12.8 Å². The van der Waals surface area contributed by atoms with E-state index < -0.39 is 37.8 Å². The van der Waals surface area contributed by atoms with Gasteiger partial charge in [0.15, 0.2) is 0 Å². The van der Waals surface area contributed by atoms with Crippen LogP contribution in [0.2, 0.25) is 0 Å². The fourth-order valence-corrected chi connectivity index (χ4v) is 2.35. The van der Waals surface area contributed by atoms with E-state index in [4.69, 9.17) is 9.63 Å². The molecule has 0 spiro atoms. The highest BCUT2D eigenvalue weighted by molar-refractivity contribution is 7.47. The summed E-state index contributed by atoms with van der Waals surface area (Å²) in [5, 5.41) is 0. The van der Waals surface area contributed by atoms with Gasteiger partial charge in [-0.05, 0) is 6.42 Å². The van der Waals surface area contributed by atoms with Crippen molar-refractivity contribution < 1.29 is 27.6 Å². The molecule has 1 saturated heterocycles. The molecule has 0 aromatic carbocycles. The Labute approximate surface area is 117 Å². The van der Waals surface area contributed by atoms with E-state index in [-0.39, 0.29) is 12.8 Å². The molecular weight excluding hydrogens is 310 g/mol. The minimum absolute atomic E-state index is 0.133. The number of aromatic nitrogens is 2. The van der Waals surface area contributed by atoms with E-state index in [1.54, 1.807) is 0 Å². The third-order valence-electron chi connectivity index (χ3n) is 2.95. The Morgan fingerprint density at radius 1 is 1.67 bits per heavy atom. The summed E-state index contributed by atoms with van der Waals surface area (Å²) in [5.74, 6) is -2.32. The molecule has 1 aromatic heterocycles. The van der Waals surface area contributed by atoms with Crippen molar-refractivity contribution in [1.82, 2.24) is 9.55 Å². The molecular formula is C10H14FN2O7P. The highest BCUT2D eigenvalue weighted by Gasteiger charge is 2.43. The molecule has 1 fully saturated rings. The molecule has 9 nitrogen and oxygen atoms in total. The number of aromatic amines is 1. The van der Waals surface area contributed by atoms with Gasteiger partial charge >= 0.3 is 13.5 Å². The van der Waals surface area contributed by atoms with Crippen LogP contribution in [0.4, 0.5) is 4.39 Å². The molecule has 2 rings (SSSR count). The van der Waals surface area contributed by atoms with Crippen LogP contribution in [-0.2, 0) is 18.3 Å². The van der Waals surface area contributed by atoms with Crippen molar-refractivity contribution in [3.63, 3.8) is 0 Å². The van der Waals surface area contributed by atoms with E-state index in [2.05, 4.69) is 9.05 Å². The topological polar surface area (TPSA) is 120 Å². The first kappa shape index (κ1) is 16.1. The molecule has 0 amide bonds. The SMILES string of the molecule is COP(=O)(O)OC[C@]1(F)CC[C@H](n2ccc(=O)[nH]c2=O)O1. The summed E-state index contributed by atoms with van der Waals surface area (Å²) < 4.78 is 40.1. The van der Waals surface area contributed by atoms with Crippen LogP contribution in [0.3, 0.4) is 0 Å². The number of rotatable bonds is 5. The Hall–Kier alpha value is -1.32. The number of H-pyrrole nitrogens is 1. The van der Waals surface area contributed by atoms with Crippen molar-refractivity contribution in [1.29, 1.82) is 0 Å². The second-order valence-corrected chi connectivity index (χ2v) is 6.00.